The molecule has 2 N–H and O–H groups in total. The summed E-state index contributed by atoms with van der Waals surface area (Å²) in [5, 5.41) is 0.985. The number of hydrogen-bond acceptors (Lipinski definition) is 2. The molecule has 1 heterocycles. The van der Waals surface area contributed by atoms with Gasteiger partial charge in [0.2, 0.25) is 0 Å². The first-order chi connectivity index (χ1) is 9.97. The van der Waals surface area contributed by atoms with Crippen molar-refractivity contribution < 1.29 is 8.81 Å². The summed E-state index contributed by atoms with van der Waals surface area (Å²) in [6.07, 6.45) is 0. The first-order valence-corrected chi connectivity index (χ1v) is 7.95. The molecule has 3 aromatic rings. The summed E-state index contributed by atoms with van der Waals surface area (Å²) in [5.74, 6) is 0.242. The Kier molecular flexibility index (Phi) is 3.90. The Labute approximate surface area is 138 Å². The van der Waals surface area contributed by atoms with Crippen molar-refractivity contribution in [2.75, 3.05) is 0 Å². The fourth-order valence-electron chi connectivity index (χ4n) is 2.41. The van der Waals surface area contributed by atoms with E-state index in [9.17, 15) is 4.39 Å². The molecule has 0 radical (unpaired) electrons. The molecule has 21 heavy (non-hydrogen) atoms. The maximum absolute atomic E-state index is 14.0. The summed E-state index contributed by atoms with van der Waals surface area (Å²) in [6, 6.07) is 9.88. The Morgan fingerprint density at radius 3 is 2.52 bits per heavy atom. The molecule has 0 saturated heterocycles. The SMILES string of the molecule is Cc1c(C(N)c2cc(Br)ccc2F)oc2cc(Br)ccc12. The van der Waals surface area contributed by atoms with Gasteiger partial charge in [0.1, 0.15) is 17.2 Å². The predicted molar refractivity (Wildman–Crippen MR) is 88.8 cm³/mol. The average molecular weight is 413 g/mol. The lowest BCUT2D eigenvalue weighted by Crippen LogP contribution is -2.14. The molecule has 0 aliphatic carbocycles. The van der Waals surface area contributed by atoms with Crippen molar-refractivity contribution in [2.24, 2.45) is 5.73 Å². The molecule has 0 aliphatic rings. The standard InChI is InChI=1S/C16H12Br2FNO/c1-8-11-4-2-10(18)7-14(11)21-16(8)15(20)12-6-9(17)3-5-13(12)19/h2-7,15H,20H2,1H3. The van der Waals surface area contributed by atoms with E-state index in [1.165, 1.54) is 6.07 Å². The van der Waals surface area contributed by atoms with Crippen molar-refractivity contribution in [1.29, 1.82) is 0 Å². The predicted octanol–water partition coefficient (Wildman–Crippen LogP) is 5.45. The van der Waals surface area contributed by atoms with Crippen LogP contribution in [0.15, 0.2) is 49.8 Å². The van der Waals surface area contributed by atoms with Crippen LogP contribution in [0.1, 0.15) is 22.9 Å². The minimum absolute atomic E-state index is 0.341. The molecule has 3 rings (SSSR count). The molecule has 5 heteroatoms. The van der Waals surface area contributed by atoms with Gasteiger partial charge in [0.15, 0.2) is 0 Å². The van der Waals surface area contributed by atoms with Gasteiger partial charge in [-0.1, -0.05) is 31.9 Å². The highest BCUT2D eigenvalue weighted by atomic mass is 79.9. The van der Waals surface area contributed by atoms with Crippen LogP contribution >= 0.6 is 31.9 Å². The third-order valence-electron chi connectivity index (χ3n) is 3.51. The number of benzene rings is 2. The summed E-state index contributed by atoms with van der Waals surface area (Å²) in [5.41, 5.74) is 8.30. The Bertz CT molecular complexity index is 829. The molecular formula is C16H12Br2FNO. The zero-order valence-corrected chi connectivity index (χ0v) is 14.3. The Morgan fingerprint density at radius 1 is 1.10 bits per heavy atom. The summed E-state index contributed by atoms with van der Waals surface area (Å²) in [4.78, 5) is 0. The van der Waals surface area contributed by atoms with Gasteiger partial charge in [0, 0.05) is 25.5 Å². The summed E-state index contributed by atoms with van der Waals surface area (Å²) >= 11 is 6.75. The monoisotopic (exact) mass is 411 g/mol. The largest absolute Gasteiger partial charge is 0.459 e. The third-order valence-corrected chi connectivity index (χ3v) is 4.50. The first-order valence-electron chi connectivity index (χ1n) is 6.36. The second kappa shape index (κ2) is 5.55. The fraction of sp³-hybridized carbons (Fsp3) is 0.125. The highest BCUT2D eigenvalue weighted by molar-refractivity contribution is 9.10. The van der Waals surface area contributed by atoms with Crippen molar-refractivity contribution in [3.63, 3.8) is 0 Å². The summed E-state index contributed by atoms with van der Waals surface area (Å²) in [7, 11) is 0. The van der Waals surface area contributed by atoms with Crippen LogP contribution in [-0.2, 0) is 0 Å². The van der Waals surface area contributed by atoms with Crippen molar-refractivity contribution in [3.8, 4) is 0 Å². The second-order valence-corrected chi connectivity index (χ2v) is 6.71. The van der Waals surface area contributed by atoms with E-state index in [0.717, 1.165) is 25.5 Å². The van der Waals surface area contributed by atoms with Gasteiger partial charge in [0.05, 0.1) is 6.04 Å². The van der Waals surface area contributed by atoms with Crippen molar-refractivity contribution in [1.82, 2.24) is 0 Å². The molecule has 0 spiro atoms. The molecular weight excluding hydrogens is 401 g/mol. The number of nitrogens with two attached hydrogens (primary N) is 1. The third kappa shape index (κ3) is 2.65. The molecule has 1 atom stereocenters. The number of furan rings is 1. The lowest BCUT2D eigenvalue weighted by molar-refractivity contribution is 0.506. The first kappa shape index (κ1) is 14.8. The van der Waals surface area contributed by atoms with E-state index in [1.54, 1.807) is 12.1 Å². The van der Waals surface area contributed by atoms with Crippen molar-refractivity contribution >= 4 is 42.8 Å². The van der Waals surface area contributed by atoms with Gasteiger partial charge >= 0.3 is 0 Å². The minimum Gasteiger partial charge on any atom is -0.459 e. The quantitative estimate of drug-likeness (QED) is 0.607. The van der Waals surface area contributed by atoms with E-state index in [1.807, 2.05) is 25.1 Å². The Balaban J connectivity index is 2.15. The van der Waals surface area contributed by atoms with E-state index in [4.69, 9.17) is 10.2 Å². The molecule has 2 nitrogen and oxygen atoms in total. The number of aryl methyl sites for hydroxylation is 1. The van der Waals surface area contributed by atoms with E-state index in [-0.39, 0.29) is 5.82 Å². The molecule has 0 saturated carbocycles. The number of halogens is 3. The van der Waals surface area contributed by atoms with Crippen LogP contribution in [0.25, 0.3) is 11.0 Å². The van der Waals surface area contributed by atoms with E-state index in [2.05, 4.69) is 31.9 Å². The van der Waals surface area contributed by atoms with Gasteiger partial charge in [0.25, 0.3) is 0 Å². The number of hydrogen-bond donors (Lipinski definition) is 1. The zero-order valence-electron chi connectivity index (χ0n) is 11.2. The molecule has 0 amide bonds. The van der Waals surface area contributed by atoms with Crippen LogP contribution < -0.4 is 5.73 Å². The van der Waals surface area contributed by atoms with Crippen LogP contribution in [0.5, 0.6) is 0 Å². The van der Waals surface area contributed by atoms with Gasteiger partial charge in [-0.2, -0.15) is 0 Å². The van der Waals surface area contributed by atoms with Crippen molar-refractivity contribution in [3.05, 3.63) is 68.0 Å². The maximum Gasteiger partial charge on any atom is 0.135 e. The molecule has 1 unspecified atom stereocenters. The van der Waals surface area contributed by atoms with Gasteiger partial charge in [-0.3, -0.25) is 0 Å². The molecule has 1 aromatic heterocycles. The van der Waals surface area contributed by atoms with Crippen molar-refractivity contribution in [2.45, 2.75) is 13.0 Å². The van der Waals surface area contributed by atoms with Crippen LogP contribution in [0.3, 0.4) is 0 Å². The fourth-order valence-corrected chi connectivity index (χ4v) is 3.13. The minimum atomic E-state index is -0.645. The second-order valence-electron chi connectivity index (χ2n) is 4.88. The Morgan fingerprint density at radius 2 is 1.76 bits per heavy atom. The van der Waals surface area contributed by atoms with Gasteiger partial charge in [-0.15, -0.1) is 0 Å². The van der Waals surface area contributed by atoms with E-state index < -0.39 is 6.04 Å². The zero-order chi connectivity index (χ0) is 15.1. The van der Waals surface area contributed by atoms with Gasteiger partial charge in [-0.25, -0.2) is 4.39 Å². The normalized spacial score (nSPS) is 12.8. The number of fused-ring (bicyclic) bond motifs is 1. The van der Waals surface area contributed by atoms with Crippen LogP contribution in [0, 0.1) is 12.7 Å². The molecule has 0 fully saturated rings. The highest BCUT2D eigenvalue weighted by Crippen LogP contribution is 2.34. The summed E-state index contributed by atoms with van der Waals surface area (Å²) in [6.45, 7) is 1.94. The molecule has 108 valence electrons. The smallest absolute Gasteiger partial charge is 0.135 e. The van der Waals surface area contributed by atoms with Crippen LogP contribution in [-0.4, -0.2) is 0 Å². The van der Waals surface area contributed by atoms with Gasteiger partial charge < -0.3 is 10.2 Å². The average Bonchev–Trinajstić information content (AvgIpc) is 2.77. The highest BCUT2D eigenvalue weighted by Gasteiger charge is 2.21. The van der Waals surface area contributed by atoms with Gasteiger partial charge in [-0.05, 0) is 43.3 Å². The summed E-state index contributed by atoms with van der Waals surface area (Å²) < 4.78 is 21.6. The lowest BCUT2D eigenvalue weighted by atomic mass is 10.0. The molecule has 0 bridgehead atoms. The lowest BCUT2D eigenvalue weighted by Gasteiger charge is -2.12. The van der Waals surface area contributed by atoms with E-state index >= 15 is 0 Å². The number of rotatable bonds is 2. The topological polar surface area (TPSA) is 39.2 Å². The maximum atomic E-state index is 14.0. The molecule has 0 aliphatic heterocycles. The Hall–Kier alpha value is -1.17. The van der Waals surface area contributed by atoms with Crippen LogP contribution in [0.4, 0.5) is 4.39 Å². The van der Waals surface area contributed by atoms with E-state index in [0.29, 0.717) is 11.3 Å². The molecule has 2 aromatic carbocycles. The van der Waals surface area contributed by atoms with Crippen LogP contribution in [0.2, 0.25) is 0 Å².